The number of aromatic nitrogens is 3. The lowest BCUT2D eigenvalue weighted by molar-refractivity contribution is -0.113. The number of esters is 1. The number of amides is 1. The minimum Gasteiger partial charge on any atom is -0.462 e. The first-order valence-electron chi connectivity index (χ1n) is 10.6. The van der Waals surface area contributed by atoms with Crippen LogP contribution < -0.4 is 10.2 Å². The second-order valence-corrected chi connectivity index (χ2v) is 9.43. The van der Waals surface area contributed by atoms with E-state index in [0.717, 1.165) is 48.3 Å². The molecule has 9 nitrogen and oxygen atoms in total. The fraction of sp³-hybridized carbons (Fsp3) is 0.600. The Labute approximate surface area is 189 Å². The largest absolute Gasteiger partial charge is 0.462 e. The molecule has 1 saturated carbocycles. The zero-order valence-electron chi connectivity index (χ0n) is 17.8. The molecule has 1 aliphatic heterocycles. The number of carbonyl (C=O) groups is 2. The van der Waals surface area contributed by atoms with Crippen LogP contribution >= 0.6 is 23.1 Å². The molecule has 168 valence electrons. The van der Waals surface area contributed by atoms with E-state index in [1.165, 1.54) is 23.1 Å². The molecule has 0 radical (unpaired) electrons. The number of ether oxygens (including phenoxy) is 2. The monoisotopic (exact) mass is 465 g/mol. The highest BCUT2D eigenvalue weighted by Crippen LogP contribution is 2.41. The summed E-state index contributed by atoms with van der Waals surface area (Å²) in [6, 6.07) is 2.20. The topological polar surface area (TPSA) is 98.6 Å². The quantitative estimate of drug-likeness (QED) is 0.446. The van der Waals surface area contributed by atoms with Gasteiger partial charge in [-0.2, -0.15) is 0 Å². The number of morpholine rings is 1. The van der Waals surface area contributed by atoms with Crippen LogP contribution in [0.3, 0.4) is 0 Å². The third-order valence-corrected chi connectivity index (χ3v) is 7.20. The third-order valence-electron chi connectivity index (χ3n) is 5.06. The van der Waals surface area contributed by atoms with E-state index in [9.17, 15) is 9.59 Å². The van der Waals surface area contributed by atoms with Gasteiger partial charge in [0.05, 0.1) is 31.1 Å². The van der Waals surface area contributed by atoms with Crippen LogP contribution in [0.15, 0.2) is 11.2 Å². The fourth-order valence-corrected chi connectivity index (χ4v) is 5.16. The van der Waals surface area contributed by atoms with Crippen molar-refractivity contribution >= 4 is 45.9 Å². The smallest absolute Gasteiger partial charge is 0.341 e. The van der Waals surface area contributed by atoms with Crippen molar-refractivity contribution in [1.82, 2.24) is 14.8 Å². The van der Waals surface area contributed by atoms with Crippen molar-refractivity contribution < 1.29 is 19.1 Å². The average molecular weight is 466 g/mol. The van der Waals surface area contributed by atoms with Gasteiger partial charge in [0.15, 0.2) is 5.16 Å². The first-order chi connectivity index (χ1) is 15.1. The first-order valence-corrected chi connectivity index (χ1v) is 12.4. The van der Waals surface area contributed by atoms with Crippen LogP contribution in [-0.4, -0.2) is 65.3 Å². The van der Waals surface area contributed by atoms with Crippen molar-refractivity contribution in [2.45, 2.75) is 44.3 Å². The number of anilines is 2. The van der Waals surface area contributed by atoms with Crippen molar-refractivity contribution in [2.24, 2.45) is 0 Å². The summed E-state index contributed by atoms with van der Waals surface area (Å²) in [6.07, 6.45) is 3.00. The number of thiophene rings is 1. The minimum atomic E-state index is -0.412. The maximum Gasteiger partial charge on any atom is 0.341 e. The van der Waals surface area contributed by atoms with Crippen LogP contribution in [0.1, 0.15) is 48.0 Å². The molecule has 2 aromatic rings. The molecule has 1 amide bonds. The molecule has 3 heterocycles. The Morgan fingerprint density at radius 3 is 2.74 bits per heavy atom. The molecule has 0 aromatic carbocycles. The Morgan fingerprint density at radius 1 is 1.29 bits per heavy atom. The van der Waals surface area contributed by atoms with E-state index < -0.39 is 5.97 Å². The number of aryl methyl sites for hydroxylation is 1. The number of nitrogens with one attached hydrogen (secondary N) is 1. The number of rotatable bonds is 9. The van der Waals surface area contributed by atoms with Crippen molar-refractivity contribution in [3.05, 3.63) is 16.5 Å². The molecule has 1 N–H and O–H groups in total. The summed E-state index contributed by atoms with van der Waals surface area (Å²) in [5.74, 6) is 0.461. The SMILES string of the molecule is CCOC(=O)c1cc(CC)sc1NC(=O)CSc1nnc(N2CCOCC2)n1C1CC1. The van der Waals surface area contributed by atoms with E-state index in [1.807, 2.05) is 6.92 Å². The second kappa shape index (κ2) is 10.0. The van der Waals surface area contributed by atoms with E-state index in [-0.39, 0.29) is 11.7 Å². The molecule has 2 aliphatic rings. The van der Waals surface area contributed by atoms with Gasteiger partial charge < -0.3 is 19.7 Å². The van der Waals surface area contributed by atoms with Gasteiger partial charge >= 0.3 is 5.97 Å². The maximum atomic E-state index is 12.7. The Balaban J connectivity index is 1.42. The molecule has 11 heteroatoms. The number of hydrogen-bond donors (Lipinski definition) is 1. The van der Waals surface area contributed by atoms with Crippen LogP contribution in [0.4, 0.5) is 10.9 Å². The fourth-order valence-electron chi connectivity index (χ4n) is 3.36. The number of carbonyl (C=O) groups excluding carboxylic acids is 2. The minimum absolute atomic E-state index is 0.182. The normalized spacial score (nSPS) is 16.4. The summed E-state index contributed by atoms with van der Waals surface area (Å²) in [5.41, 5.74) is 0.415. The molecule has 2 aromatic heterocycles. The zero-order chi connectivity index (χ0) is 21.8. The Morgan fingerprint density at radius 2 is 2.06 bits per heavy atom. The van der Waals surface area contributed by atoms with Gasteiger partial charge in [0.1, 0.15) is 5.00 Å². The molecule has 0 unspecified atom stereocenters. The number of hydrogen-bond acceptors (Lipinski definition) is 9. The molecule has 4 rings (SSSR count). The van der Waals surface area contributed by atoms with Gasteiger partial charge in [0, 0.05) is 24.0 Å². The third kappa shape index (κ3) is 5.21. The van der Waals surface area contributed by atoms with Crippen LogP contribution in [0.5, 0.6) is 0 Å². The molecule has 0 atom stereocenters. The highest BCUT2D eigenvalue weighted by atomic mass is 32.2. The number of nitrogens with zero attached hydrogens (tertiary/aromatic N) is 4. The summed E-state index contributed by atoms with van der Waals surface area (Å²) in [7, 11) is 0. The van der Waals surface area contributed by atoms with Gasteiger partial charge in [-0.05, 0) is 32.3 Å². The molecular weight excluding hydrogens is 438 g/mol. The molecule has 1 saturated heterocycles. The first kappa shape index (κ1) is 22.1. The predicted molar refractivity (Wildman–Crippen MR) is 120 cm³/mol. The summed E-state index contributed by atoms with van der Waals surface area (Å²) in [5, 5.41) is 12.9. The maximum absolute atomic E-state index is 12.7. The van der Waals surface area contributed by atoms with Crippen molar-refractivity contribution in [2.75, 3.05) is 48.9 Å². The van der Waals surface area contributed by atoms with Gasteiger partial charge in [-0.15, -0.1) is 21.5 Å². The summed E-state index contributed by atoms with van der Waals surface area (Å²) in [4.78, 5) is 28.1. The lowest BCUT2D eigenvalue weighted by Crippen LogP contribution is -2.38. The molecule has 0 bridgehead atoms. The standard InChI is InChI=1S/C20H27N5O4S2/c1-3-14-11-15(18(27)29-4-2)17(31-14)21-16(26)12-30-20-23-22-19(25(20)13-5-6-13)24-7-9-28-10-8-24/h11,13H,3-10,12H2,1-2H3,(H,21,26). The van der Waals surface area contributed by atoms with Gasteiger partial charge in [-0.25, -0.2) is 4.79 Å². The van der Waals surface area contributed by atoms with Crippen molar-refractivity contribution in [1.29, 1.82) is 0 Å². The Hall–Kier alpha value is -2.11. The van der Waals surface area contributed by atoms with Crippen LogP contribution in [0.2, 0.25) is 0 Å². The van der Waals surface area contributed by atoms with E-state index in [1.54, 1.807) is 13.0 Å². The van der Waals surface area contributed by atoms with Gasteiger partial charge in [-0.1, -0.05) is 18.7 Å². The summed E-state index contributed by atoms with van der Waals surface area (Å²) >= 11 is 2.78. The summed E-state index contributed by atoms with van der Waals surface area (Å²) < 4.78 is 12.7. The molecular formula is C20H27N5O4S2. The Bertz CT molecular complexity index is 934. The molecule has 1 aliphatic carbocycles. The van der Waals surface area contributed by atoms with E-state index >= 15 is 0 Å². The second-order valence-electron chi connectivity index (χ2n) is 7.35. The lowest BCUT2D eigenvalue weighted by atomic mass is 10.2. The summed E-state index contributed by atoms with van der Waals surface area (Å²) in [6.45, 7) is 7.04. The van der Waals surface area contributed by atoms with Gasteiger partial charge in [0.25, 0.3) is 0 Å². The van der Waals surface area contributed by atoms with E-state index in [2.05, 4.69) is 25.0 Å². The van der Waals surface area contributed by atoms with E-state index in [4.69, 9.17) is 9.47 Å². The highest BCUT2D eigenvalue weighted by Gasteiger charge is 2.32. The van der Waals surface area contributed by atoms with Crippen molar-refractivity contribution in [3.8, 4) is 0 Å². The van der Waals surface area contributed by atoms with Gasteiger partial charge in [0.2, 0.25) is 11.9 Å². The lowest BCUT2D eigenvalue weighted by Gasteiger charge is -2.27. The molecule has 0 spiro atoms. The van der Waals surface area contributed by atoms with Crippen LogP contribution in [0, 0.1) is 0 Å². The zero-order valence-corrected chi connectivity index (χ0v) is 19.4. The predicted octanol–water partition coefficient (Wildman–Crippen LogP) is 2.98. The number of thioether (sulfide) groups is 1. The van der Waals surface area contributed by atoms with Gasteiger partial charge in [-0.3, -0.25) is 9.36 Å². The average Bonchev–Trinajstić information content (AvgIpc) is 3.40. The van der Waals surface area contributed by atoms with E-state index in [0.29, 0.717) is 36.4 Å². The Kier molecular flexibility index (Phi) is 7.13. The van der Waals surface area contributed by atoms with Crippen molar-refractivity contribution in [3.63, 3.8) is 0 Å². The van der Waals surface area contributed by atoms with Crippen LogP contribution in [0.25, 0.3) is 0 Å². The molecule has 2 fully saturated rings. The van der Waals surface area contributed by atoms with Crippen LogP contribution in [-0.2, 0) is 20.7 Å². The molecule has 31 heavy (non-hydrogen) atoms. The highest BCUT2D eigenvalue weighted by molar-refractivity contribution is 7.99.